The van der Waals surface area contributed by atoms with Gasteiger partial charge >= 0.3 is 5.97 Å². The molecule has 0 bridgehead atoms. The molecule has 142 valence electrons. The van der Waals surface area contributed by atoms with E-state index in [0.29, 0.717) is 29.7 Å². The molecule has 5 nitrogen and oxygen atoms in total. The van der Waals surface area contributed by atoms with Crippen molar-refractivity contribution in [3.05, 3.63) is 64.5 Å². The van der Waals surface area contributed by atoms with E-state index in [1.165, 1.54) is 0 Å². The molecule has 0 fully saturated rings. The van der Waals surface area contributed by atoms with E-state index in [1.807, 2.05) is 38.9 Å². The van der Waals surface area contributed by atoms with Crippen molar-refractivity contribution in [1.82, 2.24) is 4.98 Å². The number of benzene rings is 1. The lowest BCUT2D eigenvalue weighted by molar-refractivity contribution is 0.0542. The lowest BCUT2D eigenvalue weighted by atomic mass is 9.81. The Balaban J connectivity index is 1.83. The van der Waals surface area contributed by atoms with Crippen LogP contribution in [0.1, 0.15) is 56.9 Å². The molecule has 3 rings (SSSR count). The number of allylic oxidation sites excluding steroid dienone is 1. The molecule has 2 aromatic rings. The summed E-state index contributed by atoms with van der Waals surface area (Å²) >= 11 is 0. The first-order valence-electron chi connectivity index (χ1n) is 9.22. The highest BCUT2D eigenvalue weighted by atomic mass is 16.5. The summed E-state index contributed by atoms with van der Waals surface area (Å²) in [6, 6.07) is 8.30. The number of aromatic nitrogens is 1. The van der Waals surface area contributed by atoms with Gasteiger partial charge in [-0.05, 0) is 49.4 Å². The van der Waals surface area contributed by atoms with Crippen LogP contribution in [0.4, 0.5) is 5.69 Å². The van der Waals surface area contributed by atoms with Crippen molar-refractivity contribution < 1.29 is 14.3 Å². The number of carbonyl (C=O) groups excluding carboxylic acids is 2. The molecular formula is C22H26N2O3. The van der Waals surface area contributed by atoms with Crippen molar-refractivity contribution in [3.63, 3.8) is 0 Å². The number of aromatic amines is 1. The van der Waals surface area contributed by atoms with Gasteiger partial charge in [-0.3, -0.25) is 4.79 Å². The summed E-state index contributed by atoms with van der Waals surface area (Å²) in [7, 11) is 4.01. The molecule has 1 heterocycles. The van der Waals surface area contributed by atoms with Crippen LogP contribution in [-0.2, 0) is 11.2 Å². The summed E-state index contributed by atoms with van der Waals surface area (Å²) in [4.78, 5) is 30.3. The Morgan fingerprint density at radius 3 is 2.59 bits per heavy atom. The summed E-state index contributed by atoms with van der Waals surface area (Å²) in [5.41, 5.74) is 4.86. The third-order valence-electron chi connectivity index (χ3n) is 5.12. The third-order valence-corrected chi connectivity index (χ3v) is 5.12. The molecule has 0 unspecified atom stereocenters. The van der Waals surface area contributed by atoms with Crippen LogP contribution in [0.15, 0.2) is 36.4 Å². The standard InChI is InChI=1S/C22H26N2O3/c1-5-6-11-27-22(26)21-14(2)20-18(23-21)12-16(13-19(20)25)15-7-9-17(10-8-15)24(3)4/h5-10,16,23H,11-13H2,1-4H3/b6-5+/t16-/m1/s1. The van der Waals surface area contributed by atoms with Crippen LogP contribution in [0.5, 0.6) is 0 Å². The Labute approximate surface area is 160 Å². The van der Waals surface area contributed by atoms with E-state index in [0.717, 1.165) is 16.9 Å². The van der Waals surface area contributed by atoms with Gasteiger partial charge in [-0.2, -0.15) is 0 Å². The molecule has 0 spiro atoms. The number of esters is 1. The summed E-state index contributed by atoms with van der Waals surface area (Å²) in [5, 5.41) is 0. The van der Waals surface area contributed by atoms with Gasteiger partial charge in [-0.25, -0.2) is 4.79 Å². The fourth-order valence-electron chi connectivity index (χ4n) is 3.61. The van der Waals surface area contributed by atoms with Gasteiger partial charge in [-0.15, -0.1) is 0 Å². The second-order valence-electron chi connectivity index (χ2n) is 7.16. The van der Waals surface area contributed by atoms with Crippen LogP contribution < -0.4 is 4.90 Å². The first kappa shape index (κ1) is 19.0. The summed E-state index contributed by atoms with van der Waals surface area (Å²) < 4.78 is 5.24. The Hall–Kier alpha value is -2.82. The van der Waals surface area contributed by atoms with Crippen LogP contribution in [0.2, 0.25) is 0 Å². The van der Waals surface area contributed by atoms with Crippen molar-refractivity contribution in [2.75, 3.05) is 25.6 Å². The molecule has 0 aliphatic heterocycles. The number of nitrogens with zero attached hydrogens (tertiary/aromatic N) is 1. The van der Waals surface area contributed by atoms with Gasteiger partial charge in [-0.1, -0.05) is 24.3 Å². The molecule has 0 saturated heterocycles. The van der Waals surface area contributed by atoms with E-state index in [2.05, 4.69) is 29.2 Å². The number of Topliss-reactive ketones (excluding diaryl/α,β-unsaturated/α-hetero) is 1. The number of hydrogen-bond acceptors (Lipinski definition) is 4. The van der Waals surface area contributed by atoms with Crippen LogP contribution in [0.3, 0.4) is 0 Å². The zero-order valence-electron chi connectivity index (χ0n) is 16.3. The topological polar surface area (TPSA) is 62.4 Å². The molecule has 0 saturated carbocycles. The zero-order valence-corrected chi connectivity index (χ0v) is 16.3. The molecule has 0 radical (unpaired) electrons. The average molecular weight is 366 g/mol. The average Bonchev–Trinajstić information content (AvgIpc) is 2.99. The number of nitrogens with one attached hydrogen (secondary N) is 1. The van der Waals surface area contributed by atoms with Gasteiger partial charge in [0.25, 0.3) is 0 Å². The normalized spacial score (nSPS) is 16.4. The predicted molar refractivity (Wildman–Crippen MR) is 107 cm³/mol. The van der Waals surface area contributed by atoms with Crippen molar-refractivity contribution in [2.24, 2.45) is 0 Å². The molecule has 1 aliphatic carbocycles. The molecule has 5 heteroatoms. The fourth-order valence-corrected chi connectivity index (χ4v) is 3.61. The summed E-state index contributed by atoms with van der Waals surface area (Å²) in [6.45, 7) is 3.91. The first-order valence-corrected chi connectivity index (χ1v) is 9.22. The molecule has 27 heavy (non-hydrogen) atoms. The predicted octanol–water partition coefficient (Wildman–Crippen LogP) is 4.03. The van der Waals surface area contributed by atoms with Crippen LogP contribution >= 0.6 is 0 Å². The van der Waals surface area contributed by atoms with Gasteiger partial charge in [0.15, 0.2) is 5.78 Å². The van der Waals surface area contributed by atoms with E-state index < -0.39 is 5.97 Å². The number of fused-ring (bicyclic) bond motifs is 1. The summed E-state index contributed by atoms with van der Waals surface area (Å²) in [5.74, 6) is -0.218. The smallest absolute Gasteiger partial charge is 0.355 e. The maximum Gasteiger partial charge on any atom is 0.355 e. The number of carbonyl (C=O) groups is 2. The second-order valence-corrected chi connectivity index (χ2v) is 7.16. The quantitative estimate of drug-likeness (QED) is 0.641. The van der Waals surface area contributed by atoms with Gasteiger partial charge < -0.3 is 14.6 Å². The van der Waals surface area contributed by atoms with Crippen molar-refractivity contribution in [1.29, 1.82) is 0 Å². The van der Waals surface area contributed by atoms with Gasteiger partial charge in [0.1, 0.15) is 12.3 Å². The number of ether oxygens (including phenoxy) is 1. The Kier molecular flexibility index (Phi) is 5.49. The molecule has 1 atom stereocenters. The maximum absolute atomic E-state index is 12.8. The minimum absolute atomic E-state index is 0.0826. The Morgan fingerprint density at radius 1 is 1.26 bits per heavy atom. The number of rotatable bonds is 5. The highest BCUT2D eigenvalue weighted by molar-refractivity contribution is 6.03. The maximum atomic E-state index is 12.8. The number of anilines is 1. The lowest BCUT2D eigenvalue weighted by Gasteiger charge is -2.23. The van der Waals surface area contributed by atoms with Crippen molar-refractivity contribution in [2.45, 2.75) is 32.6 Å². The van der Waals surface area contributed by atoms with E-state index in [9.17, 15) is 9.59 Å². The van der Waals surface area contributed by atoms with E-state index in [-0.39, 0.29) is 18.3 Å². The molecule has 1 N–H and O–H groups in total. The van der Waals surface area contributed by atoms with Crippen LogP contribution in [0.25, 0.3) is 0 Å². The zero-order chi connectivity index (χ0) is 19.6. The van der Waals surface area contributed by atoms with E-state index in [1.54, 1.807) is 6.08 Å². The minimum Gasteiger partial charge on any atom is -0.457 e. The fraction of sp³-hybridized carbons (Fsp3) is 0.364. The molecule has 1 aromatic heterocycles. The van der Waals surface area contributed by atoms with E-state index >= 15 is 0 Å². The Morgan fingerprint density at radius 2 is 1.96 bits per heavy atom. The van der Waals surface area contributed by atoms with Gasteiger partial charge in [0.2, 0.25) is 0 Å². The lowest BCUT2D eigenvalue weighted by Crippen LogP contribution is -2.18. The third kappa shape index (κ3) is 3.82. The number of ketones is 1. The molecule has 1 aromatic carbocycles. The van der Waals surface area contributed by atoms with Crippen LogP contribution in [0, 0.1) is 6.92 Å². The highest BCUT2D eigenvalue weighted by Gasteiger charge is 2.32. The molecular weight excluding hydrogens is 340 g/mol. The Bertz CT molecular complexity index is 876. The van der Waals surface area contributed by atoms with Crippen LogP contribution in [-0.4, -0.2) is 37.4 Å². The summed E-state index contributed by atoms with van der Waals surface area (Å²) in [6.07, 6.45) is 4.77. The van der Waals surface area contributed by atoms with Gasteiger partial charge in [0.05, 0.1) is 0 Å². The largest absolute Gasteiger partial charge is 0.457 e. The van der Waals surface area contributed by atoms with Gasteiger partial charge in [0, 0.05) is 37.5 Å². The number of H-pyrrole nitrogens is 1. The minimum atomic E-state index is -0.417. The van der Waals surface area contributed by atoms with Crippen molar-refractivity contribution >= 4 is 17.4 Å². The molecule has 1 aliphatic rings. The number of hydrogen-bond donors (Lipinski definition) is 1. The second kappa shape index (κ2) is 7.82. The van der Waals surface area contributed by atoms with E-state index in [4.69, 9.17) is 4.74 Å². The molecule has 0 amide bonds. The first-order chi connectivity index (χ1) is 12.9. The van der Waals surface area contributed by atoms with Crippen molar-refractivity contribution in [3.8, 4) is 0 Å². The SMILES string of the molecule is C/C=C/COC(=O)c1[nH]c2c(c1C)C(=O)C[C@H](c1ccc(N(C)C)cc1)C2. The highest BCUT2D eigenvalue weighted by Crippen LogP contribution is 2.35. The monoisotopic (exact) mass is 366 g/mol.